The summed E-state index contributed by atoms with van der Waals surface area (Å²) in [6.07, 6.45) is 0. The van der Waals surface area contributed by atoms with Crippen molar-refractivity contribution in [3.63, 3.8) is 0 Å². The van der Waals surface area contributed by atoms with Crippen molar-refractivity contribution in [2.45, 2.75) is 13.5 Å². The quantitative estimate of drug-likeness (QED) is 0.855. The van der Waals surface area contributed by atoms with E-state index in [9.17, 15) is 0 Å². The second-order valence-electron chi connectivity index (χ2n) is 4.13. The SMILES string of the molecule is CCOc1ccc(CNc2ccccc2OC)cc1. The van der Waals surface area contributed by atoms with Gasteiger partial charge in [-0.15, -0.1) is 0 Å². The van der Waals surface area contributed by atoms with Crippen molar-refractivity contribution < 1.29 is 9.47 Å². The Bertz CT molecular complexity index is 508. The lowest BCUT2D eigenvalue weighted by Gasteiger charge is -2.11. The molecule has 0 bridgehead atoms. The van der Waals surface area contributed by atoms with Crippen molar-refractivity contribution in [2.24, 2.45) is 0 Å². The highest BCUT2D eigenvalue weighted by molar-refractivity contribution is 5.56. The van der Waals surface area contributed by atoms with Crippen LogP contribution in [0.3, 0.4) is 0 Å². The van der Waals surface area contributed by atoms with E-state index in [0.29, 0.717) is 6.61 Å². The number of hydrogen-bond donors (Lipinski definition) is 1. The van der Waals surface area contributed by atoms with Crippen LogP contribution in [0.1, 0.15) is 12.5 Å². The summed E-state index contributed by atoms with van der Waals surface area (Å²) in [5.74, 6) is 1.76. The van der Waals surface area contributed by atoms with Gasteiger partial charge >= 0.3 is 0 Å². The fourth-order valence-corrected chi connectivity index (χ4v) is 1.86. The summed E-state index contributed by atoms with van der Waals surface area (Å²) < 4.78 is 10.7. The minimum atomic E-state index is 0.693. The topological polar surface area (TPSA) is 30.5 Å². The van der Waals surface area contributed by atoms with Gasteiger partial charge in [-0.25, -0.2) is 0 Å². The summed E-state index contributed by atoms with van der Waals surface area (Å²) in [4.78, 5) is 0. The Morgan fingerprint density at radius 3 is 2.42 bits per heavy atom. The summed E-state index contributed by atoms with van der Waals surface area (Å²) in [5.41, 5.74) is 2.20. The van der Waals surface area contributed by atoms with Gasteiger partial charge in [0.25, 0.3) is 0 Å². The molecule has 0 aliphatic heterocycles. The van der Waals surface area contributed by atoms with Gasteiger partial charge in [-0.3, -0.25) is 0 Å². The molecule has 0 unspecified atom stereocenters. The maximum Gasteiger partial charge on any atom is 0.141 e. The molecule has 100 valence electrons. The van der Waals surface area contributed by atoms with Crippen LogP contribution in [-0.4, -0.2) is 13.7 Å². The largest absolute Gasteiger partial charge is 0.495 e. The predicted octanol–water partition coefficient (Wildman–Crippen LogP) is 3.71. The van der Waals surface area contributed by atoms with Gasteiger partial charge in [-0.2, -0.15) is 0 Å². The maximum absolute atomic E-state index is 5.42. The Morgan fingerprint density at radius 2 is 1.74 bits per heavy atom. The van der Waals surface area contributed by atoms with Gasteiger partial charge in [0.1, 0.15) is 11.5 Å². The minimum absolute atomic E-state index is 0.693. The van der Waals surface area contributed by atoms with Crippen molar-refractivity contribution >= 4 is 5.69 Å². The summed E-state index contributed by atoms with van der Waals surface area (Å²) in [5, 5.41) is 3.37. The lowest BCUT2D eigenvalue weighted by atomic mass is 10.2. The van der Waals surface area contributed by atoms with E-state index in [1.54, 1.807) is 7.11 Å². The Kier molecular flexibility index (Phi) is 4.67. The molecule has 0 aliphatic carbocycles. The molecule has 3 heteroatoms. The van der Waals surface area contributed by atoms with E-state index in [1.165, 1.54) is 5.56 Å². The van der Waals surface area contributed by atoms with Crippen LogP contribution < -0.4 is 14.8 Å². The second kappa shape index (κ2) is 6.69. The van der Waals surface area contributed by atoms with Gasteiger partial charge < -0.3 is 14.8 Å². The van der Waals surface area contributed by atoms with E-state index < -0.39 is 0 Å². The van der Waals surface area contributed by atoms with Crippen LogP contribution in [0.5, 0.6) is 11.5 Å². The van der Waals surface area contributed by atoms with E-state index in [2.05, 4.69) is 17.4 Å². The highest BCUT2D eigenvalue weighted by Gasteiger charge is 2.01. The zero-order valence-corrected chi connectivity index (χ0v) is 11.3. The van der Waals surface area contributed by atoms with Gasteiger partial charge in [-0.05, 0) is 36.8 Å². The first kappa shape index (κ1) is 13.3. The summed E-state index contributed by atoms with van der Waals surface area (Å²) in [6, 6.07) is 16.0. The number of hydrogen-bond acceptors (Lipinski definition) is 3. The number of nitrogens with one attached hydrogen (secondary N) is 1. The van der Waals surface area contributed by atoms with E-state index in [0.717, 1.165) is 23.7 Å². The predicted molar refractivity (Wildman–Crippen MR) is 77.9 cm³/mol. The third kappa shape index (κ3) is 3.65. The van der Waals surface area contributed by atoms with Crippen LogP contribution >= 0.6 is 0 Å². The smallest absolute Gasteiger partial charge is 0.141 e. The van der Waals surface area contributed by atoms with E-state index in [4.69, 9.17) is 9.47 Å². The number of benzene rings is 2. The number of methoxy groups -OCH3 is 1. The zero-order chi connectivity index (χ0) is 13.5. The molecule has 0 amide bonds. The lowest BCUT2D eigenvalue weighted by molar-refractivity contribution is 0.340. The molecule has 0 atom stereocenters. The van der Waals surface area contributed by atoms with Crippen molar-refractivity contribution in [2.75, 3.05) is 19.0 Å². The molecule has 19 heavy (non-hydrogen) atoms. The minimum Gasteiger partial charge on any atom is -0.495 e. The third-order valence-electron chi connectivity index (χ3n) is 2.82. The molecule has 2 aromatic rings. The van der Waals surface area contributed by atoms with Crippen molar-refractivity contribution in [3.8, 4) is 11.5 Å². The number of ether oxygens (including phenoxy) is 2. The first-order valence-electron chi connectivity index (χ1n) is 6.42. The van der Waals surface area contributed by atoms with E-state index in [-0.39, 0.29) is 0 Å². The molecular formula is C16H19NO2. The lowest BCUT2D eigenvalue weighted by Crippen LogP contribution is -2.01. The van der Waals surface area contributed by atoms with E-state index in [1.807, 2.05) is 43.3 Å². The molecule has 0 saturated heterocycles. The van der Waals surface area contributed by atoms with E-state index >= 15 is 0 Å². The van der Waals surface area contributed by atoms with Crippen LogP contribution in [0.25, 0.3) is 0 Å². The van der Waals surface area contributed by atoms with Crippen LogP contribution in [0.4, 0.5) is 5.69 Å². The van der Waals surface area contributed by atoms with Gasteiger partial charge in [-0.1, -0.05) is 24.3 Å². The first-order chi connectivity index (χ1) is 9.33. The van der Waals surface area contributed by atoms with Gasteiger partial charge in [0, 0.05) is 6.54 Å². The molecule has 2 rings (SSSR count). The summed E-state index contributed by atoms with van der Waals surface area (Å²) in [7, 11) is 1.68. The molecule has 0 aliphatic rings. The number of para-hydroxylation sites is 2. The Labute approximate surface area is 114 Å². The van der Waals surface area contributed by atoms with Gasteiger partial charge in [0.15, 0.2) is 0 Å². The fraction of sp³-hybridized carbons (Fsp3) is 0.250. The normalized spacial score (nSPS) is 10.0. The van der Waals surface area contributed by atoms with Crippen LogP contribution in [-0.2, 0) is 6.54 Å². The molecule has 0 heterocycles. The molecule has 0 saturated carbocycles. The van der Waals surface area contributed by atoms with Crippen LogP contribution in [0.15, 0.2) is 48.5 Å². The molecule has 2 aromatic carbocycles. The fourth-order valence-electron chi connectivity index (χ4n) is 1.86. The zero-order valence-electron chi connectivity index (χ0n) is 11.3. The molecule has 0 fully saturated rings. The van der Waals surface area contributed by atoms with Crippen molar-refractivity contribution in [1.82, 2.24) is 0 Å². The highest BCUT2D eigenvalue weighted by Crippen LogP contribution is 2.23. The molecular weight excluding hydrogens is 238 g/mol. The van der Waals surface area contributed by atoms with Gasteiger partial charge in [0.2, 0.25) is 0 Å². The summed E-state index contributed by atoms with van der Waals surface area (Å²) >= 11 is 0. The van der Waals surface area contributed by atoms with Crippen molar-refractivity contribution in [1.29, 1.82) is 0 Å². The molecule has 1 N–H and O–H groups in total. The number of anilines is 1. The maximum atomic E-state index is 5.42. The van der Waals surface area contributed by atoms with Crippen LogP contribution in [0.2, 0.25) is 0 Å². The number of rotatable bonds is 6. The van der Waals surface area contributed by atoms with Gasteiger partial charge in [0.05, 0.1) is 19.4 Å². The third-order valence-corrected chi connectivity index (χ3v) is 2.82. The average molecular weight is 257 g/mol. The highest BCUT2D eigenvalue weighted by atomic mass is 16.5. The average Bonchev–Trinajstić information content (AvgIpc) is 2.47. The monoisotopic (exact) mass is 257 g/mol. The molecule has 3 nitrogen and oxygen atoms in total. The van der Waals surface area contributed by atoms with Crippen molar-refractivity contribution in [3.05, 3.63) is 54.1 Å². The Balaban J connectivity index is 1.98. The molecule has 0 radical (unpaired) electrons. The first-order valence-corrected chi connectivity index (χ1v) is 6.42. The standard InChI is InChI=1S/C16H19NO2/c1-3-19-14-10-8-13(9-11-14)12-17-15-6-4-5-7-16(15)18-2/h4-11,17H,3,12H2,1-2H3. The van der Waals surface area contributed by atoms with Crippen LogP contribution in [0, 0.1) is 0 Å². The Morgan fingerprint density at radius 1 is 1.00 bits per heavy atom. The molecule has 0 aromatic heterocycles. The Hall–Kier alpha value is -2.16. The second-order valence-corrected chi connectivity index (χ2v) is 4.13. The summed E-state index contributed by atoms with van der Waals surface area (Å²) in [6.45, 7) is 3.43. The molecule has 0 spiro atoms.